The van der Waals surface area contributed by atoms with E-state index in [1.54, 1.807) is 0 Å². The summed E-state index contributed by atoms with van der Waals surface area (Å²) in [5, 5.41) is 1.04. The summed E-state index contributed by atoms with van der Waals surface area (Å²) in [7, 11) is 2.12. The van der Waals surface area contributed by atoms with Crippen LogP contribution in [0.3, 0.4) is 0 Å². The van der Waals surface area contributed by atoms with E-state index in [0.717, 1.165) is 31.6 Å². The van der Waals surface area contributed by atoms with Gasteiger partial charge in [0.1, 0.15) is 0 Å². The molecule has 0 fully saturated rings. The summed E-state index contributed by atoms with van der Waals surface area (Å²) in [6.07, 6.45) is 2.40. The second-order valence-electron chi connectivity index (χ2n) is 2.96. The molecule has 2 nitrogen and oxygen atoms in total. The van der Waals surface area contributed by atoms with Crippen molar-refractivity contribution in [1.29, 1.82) is 0 Å². The maximum absolute atomic E-state index is 5.43. The molecule has 0 aliphatic carbocycles. The van der Waals surface area contributed by atoms with E-state index in [4.69, 9.17) is 4.74 Å². The molecule has 0 aliphatic rings. The Morgan fingerprint density at radius 3 is 2.58 bits per heavy atom. The highest BCUT2D eigenvalue weighted by atomic mass is 79.9. The van der Waals surface area contributed by atoms with E-state index in [0.29, 0.717) is 0 Å². The van der Waals surface area contributed by atoms with Crippen LogP contribution in [0.5, 0.6) is 0 Å². The maximum Gasteiger partial charge on any atom is 0.0593 e. The Balaban J connectivity index is 2.97. The average Bonchev–Trinajstić information content (AvgIpc) is 2.05. The summed E-state index contributed by atoms with van der Waals surface area (Å²) in [6.45, 7) is 6.09. The molecule has 0 rings (SSSR count). The molecule has 74 valence electrons. The van der Waals surface area contributed by atoms with Crippen molar-refractivity contribution in [3.8, 4) is 0 Å². The van der Waals surface area contributed by atoms with E-state index in [9.17, 15) is 0 Å². The molecule has 0 aromatic carbocycles. The Bertz CT molecular complexity index is 90.6. The van der Waals surface area contributed by atoms with E-state index < -0.39 is 0 Å². The van der Waals surface area contributed by atoms with Crippen molar-refractivity contribution in [3.63, 3.8) is 0 Å². The highest BCUT2D eigenvalue weighted by molar-refractivity contribution is 9.09. The maximum atomic E-state index is 5.43. The van der Waals surface area contributed by atoms with E-state index in [1.807, 2.05) is 0 Å². The van der Waals surface area contributed by atoms with Crippen molar-refractivity contribution >= 4 is 15.9 Å². The third-order valence-corrected chi connectivity index (χ3v) is 2.08. The Kier molecular flexibility index (Phi) is 9.80. The first kappa shape index (κ1) is 12.4. The monoisotopic (exact) mass is 237 g/mol. The lowest BCUT2D eigenvalue weighted by Crippen LogP contribution is -2.25. The number of hydrogen-bond donors (Lipinski definition) is 0. The molecule has 0 bridgehead atoms. The van der Waals surface area contributed by atoms with Gasteiger partial charge in [-0.25, -0.2) is 0 Å². The molecule has 0 aromatic rings. The number of likely N-dealkylation sites (N-methyl/N-ethyl adjacent to an activating group) is 1. The zero-order chi connectivity index (χ0) is 9.23. The molecule has 0 amide bonds. The van der Waals surface area contributed by atoms with E-state index in [-0.39, 0.29) is 0 Å². The highest BCUT2D eigenvalue weighted by Crippen LogP contribution is 1.90. The van der Waals surface area contributed by atoms with Gasteiger partial charge in [-0.3, -0.25) is 0 Å². The number of nitrogens with zero attached hydrogens (tertiary/aromatic N) is 1. The van der Waals surface area contributed by atoms with Gasteiger partial charge in [-0.1, -0.05) is 29.3 Å². The summed E-state index contributed by atoms with van der Waals surface area (Å²) >= 11 is 3.40. The van der Waals surface area contributed by atoms with Gasteiger partial charge in [0.05, 0.1) is 6.61 Å². The van der Waals surface area contributed by atoms with Crippen LogP contribution in [0, 0.1) is 0 Å². The Hall–Kier alpha value is 0.400. The number of unbranched alkanes of at least 4 members (excludes halogenated alkanes) is 1. The molecule has 0 aliphatic heterocycles. The van der Waals surface area contributed by atoms with Crippen LogP contribution < -0.4 is 0 Å². The quantitative estimate of drug-likeness (QED) is 0.474. The Morgan fingerprint density at radius 1 is 1.25 bits per heavy atom. The molecule has 0 heterocycles. The number of rotatable bonds is 8. The summed E-state index contributed by atoms with van der Waals surface area (Å²) in [5.74, 6) is 0. The van der Waals surface area contributed by atoms with Crippen LogP contribution in [0.15, 0.2) is 0 Å². The summed E-state index contributed by atoms with van der Waals surface area (Å²) < 4.78 is 5.43. The molecule has 12 heavy (non-hydrogen) atoms. The second-order valence-corrected chi connectivity index (χ2v) is 3.75. The summed E-state index contributed by atoms with van der Waals surface area (Å²) in [5.41, 5.74) is 0. The van der Waals surface area contributed by atoms with E-state index >= 15 is 0 Å². The zero-order valence-electron chi connectivity index (χ0n) is 8.18. The minimum Gasteiger partial charge on any atom is -0.380 e. The Labute approximate surface area is 84.4 Å². The molecule has 0 unspecified atom stereocenters. The number of halogens is 1. The fraction of sp³-hybridized carbons (Fsp3) is 1.00. The third-order valence-electron chi connectivity index (χ3n) is 1.73. The molecular formula is C9H20BrNO. The highest BCUT2D eigenvalue weighted by Gasteiger charge is 1.95. The first-order valence-corrected chi connectivity index (χ1v) is 5.75. The van der Waals surface area contributed by atoms with Crippen molar-refractivity contribution in [2.45, 2.75) is 19.8 Å². The molecule has 0 N–H and O–H groups in total. The van der Waals surface area contributed by atoms with Crippen molar-refractivity contribution in [3.05, 3.63) is 0 Å². The normalized spacial score (nSPS) is 11.0. The van der Waals surface area contributed by atoms with Gasteiger partial charge in [0, 0.05) is 25.0 Å². The number of hydrogen-bond acceptors (Lipinski definition) is 2. The lowest BCUT2D eigenvalue weighted by Gasteiger charge is -2.14. The first-order valence-electron chi connectivity index (χ1n) is 4.63. The SMILES string of the molecule is CCCCOCCN(C)CCBr. The summed E-state index contributed by atoms with van der Waals surface area (Å²) in [6, 6.07) is 0. The molecule has 0 aromatic heterocycles. The van der Waals surface area contributed by atoms with Crippen molar-refractivity contribution in [2.24, 2.45) is 0 Å². The first-order chi connectivity index (χ1) is 5.81. The molecule has 0 radical (unpaired) electrons. The van der Waals surface area contributed by atoms with Crippen LogP contribution in [0.4, 0.5) is 0 Å². The topological polar surface area (TPSA) is 12.5 Å². The lowest BCUT2D eigenvalue weighted by atomic mass is 10.4. The predicted molar refractivity (Wildman–Crippen MR) is 57.0 cm³/mol. The van der Waals surface area contributed by atoms with Crippen LogP contribution in [-0.2, 0) is 4.74 Å². The smallest absolute Gasteiger partial charge is 0.0593 e. The van der Waals surface area contributed by atoms with Crippen molar-refractivity contribution in [2.75, 3.05) is 38.7 Å². The van der Waals surface area contributed by atoms with Gasteiger partial charge in [0.25, 0.3) is 0 Å². The van der Waals surface area contributed by atoms with Gasteiger partial charge < -0.3 is 9.64 Å². The molecule has 0 saturated carbocycles. The molecule has 3 heteroatoms. The van der Waals surface area contributed by atoms with Crippen LogP contribution >= 0.6 is 15.9 Å². The van der Waals surface area contributed by atoms with Gasteiger partial charge in [-0.2, -0.15) is 0 Å². The van der Waals surface area contributed by atoms with Crippen LogP contribution in [0.2, 0.25) is 0 Å². The lowest BCUT2D eigenvalue weighted by molar-refractivity contribution is 0.111. The van der Waals surface area contributed by atoms with Gasteiger partial charge in [-0.15, -0.1) is 0 Å². The molecular weight excluding hydrogens is 218 g/mol. The average molecular weight is 238 g/mol. The van der Waals surface area contributed by atoms with Gasteiger partial charge in [0.2, 0.25) is 0 Å². The summed E-state index contributed by atoms with van der Waals surface area (Å²) in [4.78, 5) is 2.26. The van der Waals surface area contributed by atoms with E-state index in [2.05, 4.69) is 34.8 Å². The van der Waals surface area contributed by atoms with Gasteiger partial charge >= 0.3 is 0 Å². The fourth-order valence-corrected chi connectivity index (χ4v) is 1.43. The minimum atomic E-state index is 0.865. The number of ether oxygens (including phenoxy) is 1. The van der Waals surface area contributed by atoms with Gasteiger partial charge in [-0.05, 0) is 13.5 Å². The zero-order valence-corrected chi connectivity index (χ0v) is 9.77. The van der Waals surface area contributed by atoms with Gasteiger partial charge in [0.15, 0.2) is 0 Å². The number of alkyl halides is 1. The van der Waals surface area contributed by atoms with Crippen LogP contribution in [-0.4, -0.2) is 43.6 Å². The molecule has 0 atom stereocenters. The third kappa shape index (κ3) is 8.50. The van der Waals surface area contributed by atoms with Crippen LogP contribution in [0.1, 0.15) is 19.8 Å². The molecule has 0 saturated heterocycles. The minimum absolute atomic E-state index is 0.865. The standard InChI is InChI=1S/C9H20BrNO/c1-3-4-8-12-9-7-11(2)6-5-10/h3-9H2,1-2H3. The van der Waals surface area contributed by atoms with Crippen LogP contribution in [0.25, 0.3) is 0 Å². The second kappa shape index (κ2) is 9.49. The van der Waals surface area contributed by atoms with Crippen molar-refractivity contribution in [1.82, 2.24) is 4.90 Å². The fourth-order valence-electron chi connectivity index (χ4n) is 0.825. The molecule has 0 spiro atoms. The largest absolute Gasteiger partial charge is 0.380 e. The Morgan fingerprint density at radius 2 is 2.00 bits per heavy atom. The van der Waals surface area contributed by atoms with E-state index in [1.165, 1.54) is 12.8 Å². The van der Waals surface area contributed by atoms with Crippen molar-refractivity contribution < 1.29 is 4.74 Å². The predicted octanol–water partition coefficient (Wildman–Crippen LogP) is 2.13.